The number of imide groups is 1. The normalized spacial score (nSPS) is 23.7. The average molecular weight is 252 g/mol. The Morgan fingerprint density at radius 1 is 1.11 bits per heavy atom. The van der Waals surface area contributed by atoms with E-state index in [1.807, 2.05) is 0 Å². The molecule has 0 bridgehead atoms. The molecule has 0 radical (unpaired) electrons. The van der Waals surface area contributed by atoms with Crippen LogP contribution in [0.25, 0.3) is 0 Å². The molecule has 2 aliphatic heterocycles. The molecule has 0 aliphatic carbocycles. The minimum absolute atomic E-state index is 0.0415. The molecule has 4 heteroatoms. The van der Waals surface area contributed by atoms with Gasteiger partial charge in [0.15, 0.2) is 0 Å². The lowest BCUT2D eigenvalue weighted by atomic mass is 10.0. The van der Waals surface area contributed by atoms with Crippen LogP contribution in [0.4, 0.5) is 4.79 Å². The largest absolute Gasteiger partial charge is 0.327 e. The molecule has 2 fully saturated rings. The molecule has 0 aromatic rings. The second kappa shape index (κ2) is 6.21. The van der Waals surface area contributed by atoms with Gasteiger partial charge < -0.3 is 4.90 Å². The zero-order valence-corrected chi connectivity index (χ0v) is 11.4. The summed E-state index contributed by atoms with van der Waals surface area (Å²) in [6.45, 7) is 3.57. The van der Waals surface area contributed by atoms with E-state index in [0.717, 1.165) is 38.6 Å². The SMILES string of the molecule is CCCCCCCN1C(=O)C2CCCCN2C1=O. The summed E-state index contributed by atoms with van der Waals surface area (Å²) in [5.74, 6) is 0.0511. The maximum Gasteiger partial charge on any atom is 0.327 e. The Bertz CT molecular complexity index is 293. The van der Waals surface area contributed by atoms with E-state index in [1.54, 1.807) is 4.90 Å². The Hall–Kier alpha value is -1.06. The lowest BCUT2D eigenvalue weighted by Crippen LogP contribution is -2.39. The summed E-state index contributed by atoms with van der Waals surface area (Å²) in [6, 6.07) is -0.179. The van der Waals surface area contributed by atoms with Gasteiger partial charge in [0, 0.05) is 13.1 Å². The summed E-state index contributed by atoms with van der Waals surface area (Å²) in [5, 5.41) is 0. The van der Waals surface area contributed by atoms with Crippen LogP contribution in [0, 0.1) is 0 Å². The maximum absolute atomic E-state index is 12.1. The smallest absolute Gasteiger partial charge is 0.312 e. The minimum Gasteiger partial charge on any atom is -0.312 e. The fourth-order valence-corrected chi connectivity index (χ4v) is 2.93. The van der Waals surface area contributed by atoms with E-state index in [2.05, 4.69) is 6.92 Å². The van der Waals surface area contributed by atoms with E-state index in [1.165, 1.54) is 24.2 Å². The highest BCUT2D eigenvalue weighted by Crippen LogP contribution is 2.26. The number of piperidine rings is 1. The number of carbonyl (C=O) groups is 2. The van der Waals surface area contributed by atoms with Gasteiger partial charge in [0.25, 0.3) is 5.91 Å². The van der Waals surface area contributed by atoms with Crippen LogP contribution in [0.1, 0.15) is 58.3 Å². The Balaban J connectivity index is 1.81. The lowest BCUT2D eigenvalue weighted by Gasteiger charge is -2.26. The molecule has 0 spiro atoms. The molecular formula is C14H24N2O2. The molecule has 2 aliphatic rings. The fraction of sp³-hybridized carbons (Fsp3) is 0.857. The molecule has 0 aromatic heterocycles. The highest BCUT2D eigenvalue weighted by molar-refractivity contribution is 6.04. The summed E-state index contributed by atoms with van der Waals surface area (Å²) in [4.78, 5) is 27.5. The first-order chi connectivity index (χ1) is 8.75. The molecule has 18 heavy (non-hydrogen) atoms. The summed E-state index contributed by atoms with van der Waals surface area (Å²) in [6.07, 6.45) is 8.73. The molecular weight excluding hydrogens is 228 g/mol. The van der Waals surface area contributed by atoms with Gasteiger partial charge in [0.05, 0.1) is 0 Å². The van der Waals surface area contributed by atoms with Gasteiger partial charge in [-0.15, -0.1) is 0 Å². The molecule has 2 heterocycles. The van der Waals surface area contributed by atoms with Crippen LogP contribution < -0.4 is 0 Å². The van der Waals surface area contributed by atoms with Crippen molar-refractivity contribution < 1.29 is 9.59 Å². The first kappa shape index (κ1) is 13.4. The Kier molecular flexibility index (Phi) is 4.61. The first-order valence-corrected chi connectivity index (χ1v) is 7.37. The van der Waals surface area contributed by atoms with E-state index in [4.69, 9.17) is 0 Å². The third kappa shape index (κ3) is 2.68. The van der Waals surface area contributed by atoms with Crippen LogP contribution in [-0.4, -0.2) is 40.9 Å². The number of amides is 3. The number of hydrogen-bond donors (Lipinski definition) is 0. The highest BCUT2D eigenvalue weighted by atomic mass is 16.2. The minimum atomic E-state index is -0.137. The van der Waals surface area contributed by atoms with Crippen LogP contribution in [-0.2, 0) is 4.79 Å². The van der Waals surface area contributed by atoms with Crippen molar-refractivity contribution in [1.29, 1.82) is 0 Å². The topological polar surface area (TPSA) is 40.6 Å². The van der Waals surface area contributed by atoms with Crippen LogP contribution in [0.2, 0.25) is 0 Å². The Morgan fingerprint density at radius 3 is 2.61 bits per heavy atom. The molecule has 3 amide bonds. The third-order valence-corrected chi connectivity index (χ3v) is 4.02. The van der Waals surface area contributed by atoms with Crippen LogP contribution in [0.15, 0.2) is 0 Å². The van der Waals surface area contributed by atoms with Gasteiger partial charge in [0.1, 0.15) is 6.04 Å². The number of rotatable bonds is 6. The number of urea groups is 1. The van der Waals surface area contributed by atoms with Crippen molar-refractivity contribution in [2.45, 2.75) is 64.3 Å². The molecule has 2 saturated heterocycles. The van der Waals surface area contributed by atoms with Crippen molar-refractivity contribution in [1.82, 2.24) is 9.80 Å². The molecule has 4 nitrogen and oxygen atoms in total. The second-order valence-corrected chi connectivity index (χ2v) is 5.39. The number of unbranched alkanes of at least 4 members (excludes halogenated alkanes) is 4. The summed E-state index contributed by atoms with van der Waals surface area (Å²) >= 11 is 0. The van der Waals surface area contributed by atoms with Gasteiger partial charge in [0.2, 0.25) is 0 Å². The number of fused-ring (bicyclic) bond motifs is 1. The molecule has 0 saturated carbocycles. The molecule has 1 atom stereocenters. The van der Waals surface area contributed by atoms with Gasteiger partial charge in [-0.3, -0.25) is 9.69 Å². The zero-order valence-electron chi connectivity index (χ0n) is 11.4. The van der Waals surface area contributed by atoms with E-state index >= 15 is 0 Å². The standard InChI is InChI=1S/C14H24N2O2/c1-2-3-4-5-7-11-16-13(17)12-9-6-8-10-15(12)14(16)18/h12H,2-11H2,1H3. The van der Waals surface area contributed by atoms with Crippen molar-refractivity contribution in [3.05, 3.63) is 0 Å². The van der Waals surface area contributed by atoms with Gasteiger partial charge in [-0.25, -0.2) is 4.79 Å². The molecule has 102 valence electrons. The van der Waals surface area contributed by atoms with Crippen molar-refractivity contribution in [3.63, 3.8) is 0 Å². The number of nitrogens with zero attached hydrogens (tertiary/aromatic N) is 2. The van der Waals surface area contributed by atoms with Gasteiger partial charge >= 0.3 is 6.03 Å². The van der Waals surface area contributed by atoms with Crippen LogP contribution in [0.3, 0.4) is 0 Å². The van der Waals surface area contributed by atoms with Gasteiger partial charge in [-0.2, -0.15) is 0 Å². The monoisotopic (exact) mass is 252 g/mol. The van der Waals surface area contributed by atoms with Crippen molar-refractivity contribution in [3.8, 4) is 0 Å². The van der Waals surface area contributed by atoms with E-state index in [9.17, 15) is 9.59 Å². The van der Waals surface area contributed by atoms with E-state index in [-0.39, 0.29) is 18.0 Å². The zero-order chi connectivity index (χ0) is 13.0. The Morgan fingerprint density at radius 2 is 1.89 bits per heavy atom. The summed E-state index contributed by atoms with van der Waals surface area (Å²) in [7, 11) is 0. The number of carbonyl (C=O) groups excluding carboxylic acids is 2. The third-order valence-electron chi connectivity index (χ3n) is 4.02. The van der Waals surface area contributed by atoms with E-state index in [0.29, 0.717) is 6.54 Å². The molecule has 0 N–H and O–H groups in total. The van der Waals surface area contributed by atoms with Gasteiger partial charge in [-0.05, 0) is 25.7 Å². The van der Waals surface area contributed by atoms with Crippen LogP contribution in [0.5, 0.6) is 0 Å². The summed E-state index contributed by atoms with van der Waals surface area (Å²) < 4.78 is 0. The van der Waals surface area contributed by atoms with Crippen LogP contribution >= 0.6 is 0 Å². The van der Waals surface area contributed by atoms with E-state index < -0.39 is 0 Å². The Labute approximate surface area is 109 Å². The number of hydrogen-bond acceptors (Lipinski definition) is 2. The first-order valence-electron chi connectivity index (χ1n) is 7.37. The fourth-order valence-electron chi connectivity index (χ4n) is 2.93. The quantitative estimate of drug-likeness (QED) is 0.538. The molecule has 1 unspecified atom stereocenters. The van der Waals surface area contributed by atoms with Gasteiger partial charge in [-0.1, -0.05) is 32.6 Å². The average Bonchev–Trinajstić information content (AvgIpc) is 2.64. The predicted molar refractivity (Wildman–Crippen MR) is 70.2 cm³/mol. The van der Waals surface area contributed by atoms with Crippen molar-refractivity contribution in [2.75, 3.05) is 13.1 Å². The lowest BCUT2D eigenvalue weighted by molar-refractivity contribution is -0.128. The van der Waals surface area contributed by atoms with Crippen molar-refractivity contribution in [2.24, 2.45) is 0 Å². The highest BCUT2D eigenvalue weighted by Gasteiger charge is 2.45. The second-order valence-electron chi connectivity index (χ2n) is 5.39. The molecule has 2 rings (SSSR count). The summed E-state index contributed by atoms with van der Waals surface area (Å²) in [5.41, 5.74) is 0. The predicted octanol–water partition coefficient (Wildman–Crippen LogP) is 2.77. The molecule has 0 aromatic carbocycles. The maximum atomic E-state index is 12.1. The van der Waals surface area contributed by atoms with Crippen molar-refractivity contribution >= 4 is 11.9 Å².